The van der Waals surface area contributed by atoms with Crippen molar-refractivity contribution in [1.82, 2.24) is 0 Å². The Kier molecular flexibility index (Phi) is 2.93. The van der Waals surface area contributed by atoms with Gasteiger partial charge < -0.3 is 0 Å². The van der Waals surface area contributed by atoms with Crippen LogP contribution >= 0.6 is 34.3 Å². The Morgan fingerprint density at radius 2 is 1.79 bits per heavy atom. The fraction of sp³-hybridized carbons (Fsp3) is 0.0909. The molecular formula is C11H7ClS2. The third-order valence-electron chi connectivity index (χ3n) is 1.67. The highest BCUT2D eigenvalue weighted by Crippen LogP contribution is 2.35. The monoisotopic (exact) mass is 238 g/mol. The second kappa shape index (κ2) is 4.18. The van der Waals surface area contributed by atoms with E-state index in [4.69, 9.17) is 11.6 Å². The molecule has 0 radical (unpaired) electrons. The van der Waals surface area contributed by atoms with E-state index in [1.165, 1.54) is 9.75 Å². The van der Waals surface area contributed by atoms with Gasteiger partial charge in [0.15, 0.2) is 0 Å². The predicted octanol–water partition coefficient (Wildman–Crippen LogP) is 4.50. The van der Waals surface area contributed by atoms with Crippen LogP contribution in [0, 0.1) is 11.8 Å². The van der Waals surface area contributed by atoms with Crippen molar-refractivity contribution in [2.45, 2.75) is 6.92 Å². The van der Waals surface area contributed by atoms with Gasteiger partial charge in [-0.15, -0.1) is 28.6 Å². The maximum Gasteiger partial charge on any atom is 0.0935 e. The summed E-state index contributed by atoms with van der Waals surface area (Å²) in [6.07, 6.45) is 0. The quantitative estimate of drug-likeness (QED) is 0.642. The zero-order chi connectivity index (χ0) is 9.97. The van der Waals surface area contributed by atoms with Crippen LogP contribution in [0.5, 0.6) is 0 Å². The fourth-order valence-corrected chi connectivity index (χ4v) is 3.15. The summed E-state index contributed by atoms with van der Waals surface area (Å²) in [6.45, 7) is 1.85. The molecule has 2 rings (SSSR count). The molecule has 0 saturated heterocycles. The first kappa shape index (κ1) is 9.79. The molecule has 0 N–H and O–H groups in total. The van der Waals surface area contributed by atoms with Crippen molar-refractivity contribution in [3.63, 3.8) is 0 Å². The molecule has 0 unspecified atom stereocenters. The summed E-state index contributed by atoms with van der Waals surface area (Å²) >= 11 is 9.18. The summed E-state index contributed by atoms with van der Waals surface area (Å²) in [4.78, 5) is 3.55. The Morgan fingerprint density at radius 3 is 2.43 bits per heavy atom. The van der Waals surface area contributed by atoms with Crippen LogP contribution in [0.25, 0.3) is 9.75 Å². The van der Waals surface area contributed by atoms with Gasteiger partial charge in [-0.05, 0) is 31.2 Å². The third kappa shape index (κ3) is 2.01. The molecule has 0 spiro atoms. The molecule has 0 aliphatic rings. The summed E-state index contributed by atoms with van der Waals surface area (Å²) < 4.78 is 0.830. The Morgan fingerprint density at radius 1 is 1.07 bits per heavy atom. The van der Waals surface area contributed by atoms with Crippen molar-refractivity contribution in [2.75, 3.05) is 0 Å². The molecule has 0 aliphatic carbocycles. The minimum atomic E-state index is 0.830. The van der Waals surface area contributed by atoms with Gasteiger partial charge in [0.25, 0.3) is 0 Å². The van der Waals surface area contributed by atoms with Gasteiger partial charge in [0.2, 0.25) is 0 Å². The highest BCUT2D eigenvalue weighted by atomic mass is 35.5. The molecule has 0 saturated carbocycles. The highest BCUT2D eigenvalue weighted by molar-refractivity contribution is 7.24. The van der Waals surface area contributed by atoms with Crippen LogP contribution < -0.4 is 0 Å². The largest absolute Gasteiger partial charge is 0.126 e. The molecular weight excluding hydrogens is 232 g/mol. The Hall–Kier alpha value is -0.750. The molecule has 14 heavy (non-hydrogen) atoms. The van der Waals surface area contributed by atoms with Crippen LogP contribution in [0.2, 0.25) is 4.34 Å². The molecule has 0 bridgehead atoms. The normalized spacial score (nSPS) is 9.57. The predicted molar refractivity (Wildman–Crippen MR) is 65.2 cm³/mol. The summed E-state index contributed by atoms with van der Waals surface area (Å²) in [5.41, 5.74) is 0. The molecule has 0 amide bonds. The van der Waals surface area contributed by atoms with Crippen LogP contribution in [-0.4, -0.2) is 0 Å². The van der Waals surface area contributed by atoms with E-state index < -0.39 is 0 Å². The first-order valence-electron chi connectivity index (χ1n) is 4.08. The van der Waals surface area contributed by atoms with Crippen LogP contribution in [0.15, 0.2) is 24.3 Å². The first-order chi connectivity index (χ1) is 6.79. The van der Waals surface area contributed by atoms with Crippen molar-refractivity contribution >= 4 is 34.3 Å². The van der Waals surface area contributed by atoms with Crippen LogP contribution in [-0.2, 0) is 0 Å². The second-order valence-electron chi connectivity index (χ2n) is 2.64. The van der Waals surface area contributed by atoms with Crippen LogP contribution in [0.4, 0.5) is 0 Å². The third-order valence-corrected chi connectivity index (χ3v) is 4.10. The summed E-state index contributed by atoms with van der Waals surface area (Å²) in [5, 5.41) is 0. The Labute approximate surface area is 96.2 Å². The molecule has 3 heteroatoms. The Balaban J connectivity index is 2.36. The highest BCUT2D eigenvalue weighted by Gasteiger charge is 2.03. The lowest BCUT2D eigenvalue weighted by Crippen LogP contribution is -1.56. The number of hydrogen-bond acceptors (Lipinski definition) is 2. The van der Waals surface area contributed by atoms with Crippen molar-refractivity contribution in [1.29, 1.82) is 0 Å². The molecule has 0 atom stereocenters. The lowest BCUT2D eigenvalue weighted by atomic mass is 10.4. The number of halogens is 1. The van der Waals surface area contributed by atoms with E-state index in [0.717, 1.165) is 9.21 Å². The van der Waals surface area contributed by atoms with Gasteiger partial charge in [-0.1, -0.05) is 17.5 Å². The van der Waals surface area contributed by atoms with E-state index in [1.54, 1.807) is 22.7 Å². The number of hydrogen-bond donors (Lipinski definition) is 0. The van der Waals surface area contributed by atoms with Crippen LogP contribution in [0.3, 0.4) is 0 Å². The number of thiophene rings is 2. The Bertz CT molecular complexity index is 497. The zero-order valence-electron chi connectivity index (χ0n) is 7.50. The van der Waals surface area contributed by atoms with Gasteiger partial charge in [0, 0.05) is 9.75 Å². The van der Waals surface area contributed by atoms with Crippen molar-refractivity contribution in [2.24, 2.45) is 0 Å². The van der Waals surface area contributed by atoms with Gasteiger partial charge in [-0.25, -0.2) is 0 Å². The van der Waals surface area contributed by atoms with Crippen molar-refractivity contribution in [3.8, 4) is 21.6 Å². The molecule has 0 nitrogen and oxygen atoms in total. The standard InChI is InChI=1S/C11H7ClS2/c1-2-3-8-4-5-9(13-8)10-6-7-11(12)14-10/h4-7H,1H3. The van der Waals surface area contributed by atoms with E-state index in [9.17, 15) is 0 Å². The summed E-state index contributed by atoms with van der Waals surface area (Å²) in [7, 11) is 0. The van der Waals surface area contributed by atoms with Crippen LogP contribution in [0.1, 0.15) is 11.8 Å². The molecule has 0 aliphatic heterocycles. The molecule has 2 aromatic rings. The van der Waals surface area contributed by atoms with Gasteiger partial charge in [0.1, 0.15) is 0 Å². The van der Waals surface area contributed by atoms with E-state index in [0.29, 0.717) is 0 Å². The second-order valence-corrected chi connectivity index (χ2v) is 5.44. The van der Waals surface area contributed by atoms with Gasteiger partial charge >= 0.3 is 0 Å². The average Bonchev–Trinajstić information content (AvgIpc) is 2.74. The maximum absolute atomic E-state index is 5.87. The first-order valence-corrected chi connectivity index (χ1v) is 6.09. The summed E-state index contributed by atoms with van der Waals surface area (Å²) in [6, 6.07) is 8.10. The zero-order valence-corrected chi connectivity index (χ0v) is 9.89. The van der Waals surface area contributed by atoms with E-state index in [-0.39, 0.29) is 0 Å². The lowest BCUT2D eigenvalue weighted by Gasteiger charge is -1.86. The topological polar surface area (TPSA) is 0 Å². The lowest BCUT2D eigenvalue weighted by molar-refractivity contribution is 1.86. The van der Waals surface area contributed by atoms with E-state index >= 15 is 0 Å². The molecule has 0 aromatic carbocycles. The van der Waals surface area contributed by atoms with Gasteiger partial charge in [-0.3, -0.25) is 0 Å². The van der Waals surface area contributed by atoms with Crippen molar-refractivity contribution < 1.29 is 0 Å². The number of rotatable bonds is 1. The van der Waals surface area contributed by atoms with E-state index in [2.05, 4.69) is 17.9 Å². The average molecular weight is 239 g/mol. The molecule has 0 fully saturated rings. The van der Waals surface area contributed by atoms with E-state index in [1.807, 2.05) is 25.1 Å². The van der Waals surface area contributed by atoms with Crippen molar-refractivity contribution in [3.05, 3.63) is 33.5 Å². The SMILES string of the molecule is CC#Cc1ccc(-c2ccc(Cl)s2)s1. The fourth-order valence-electron chi connectivity index (χ4n) is 1.11. The molecule has 70 valence electrons. The molecule has 2 heterocycles. The van der Waals surface area contributed by atoms with Gasteiger partial charge in [-0.2, -0.15) is 0 Å². The molecule has 2 aromatic heterocycles. The minimum absolute atomic E-state index is 0.830. The smallest absolute Gasteiger partial charge is 0.0935 e. The maximum atomic E-state index is 5.87. The van der Waals surface area contributed by atoms with Gasteiger partial charge in [0.05, 0.1) is 9.21 Å². The minimum Gasteiger partial charge on any atom is -0.126 e. The summed E-state index contributed by atoms with van der Waals surface area (Å²) in [5.74, 6) is 5.94.